The maximum absolute atomic E-state index is 14.2. The average molecular weight is 761 g/mol. The molecule has 0 aliphatic carbocycles. The molecule has 0 saturated carbocycles. The van der Waals surface area contributed by atoms with Crippen molar-refractivity contribution in [1.29, 1.82) is 0 Å². The molecular weight excluding hydrogens is 692 g/mol. The van der Waals surface area contributed by atoms with Gasteiger partial charge in [0.05, 0.1) is 47.6 Å². The largest absolute Gasteiger partial charge is 0.379 e. The Morgan fingerprint density at radius 2 is 1.56 bits per heavy atom. The van der Waals surface area contributed by atoms with Crippen molar-refractivity contribution in [3.63, 3.8) is 0 Å². The van der Waals surface area contributed by atoms with Crippen molar-refractivity contribution >= 4 is 29.3 Å². The molecule has 1 fully saturated rings. The second-order valence-corrected chi connectivity index (χ2v) is 15.9. The molecule has 0 unspecified atom stereocenters. The average Bonchev–Trinajstić information content (AvgIpc) is 3.61. The van der Waals surface area contributed by atoms with Crippen molar-refractivity contribution in [1.82, 2.24) is 24.9 Å². The van der Waals surface area contributed by atoms with Gasteiger partial charge in [0.15, 0.2) is 0 Å². The Morgan fingerprint density at radius 3 is 2.04 bits per heavy atom. The van der Waals surface area contributed by atoms with E-state index in [-0.39, 0.29) is 59.5 Å². The molecule has 1 aromatic carbocycles. The van der Waals surface area contributed by atoms with E-state index in [9.17, 15) is 29.3 Å². The van der Waals surface area contributed by atoms with Gasteiger partial charge in [-0.15, -0.1) is 0 Å². The maximum atomic E-state index is 14.2. The Labute approximate surface area is 323 Å². The molecule has 0 bridgehead atoms. The highest BCUT2D eigenvalue weighted by atomic mass is 16.6. The number of benzene rings is 1. The molecule has 1 aliphatic rings. The third kappa shape index (κ3) is 11.9. The standard InChI is InChI=1S/C40H68N6O8/c1-14-27(6)36(44(11)40(50)34(25(2)3)41-38(48)35(26(4)5)42(8)9)32(53-12)24-33(47)45-22-15-16-31(45)37(54-13)28(7)39(49)43(10)23-21-29-17-19-30(20-18-29)46(51)52/h17-20,25-28,31-32,34-37H,14-16,21-24H2,1-13H3,(H,41,48)/t27-,28+,31-,32+,34-,35+,36-,37+/m0/s1. The van der Waals surface area contributed by atoms with E-state index in [1.807, 2.05) is 67.5 Å². The van der Waals surface area contributed by atoms with Crippen molar-refractivity contribution in [2.24, 2.45) is 23.7 Å². The summed E-state index contributed by atoms with van der Waals surface area (Å²) in [5.74, 6) is -1.39. The molecule has 1 N–H and O–H groups in total. The van der Waals surface area contributed by atoms with Gasteiger partial charge in [-0.25, -0.2) is 0 Å². The zero-order chi connectivity index (χ0) is 41.0. The fraction of sp³-hybridized carbons (Fsp3) is 0.750. The molecule has 14 heteroatoms. The Kier molecular flexibility index (Phi) is 18.5. The predicted molar refractivity (Wildman–Crippen MR) is 210 cm³/mol. The molecule has 0 spiro atoms. The van der Waals surface area contributed by atoms with E-state index in [1.165, 1.54) is 12.1 Å². The Balaban J connectivity index is 2.23. The van der Waals surface area contributed by atoms with Crippen LogP contribution in [-0.4, -0.2) is 140 Å². The molecular formula is C40H68N6O8. The predicted octanol–water partition coefficient (Wildman–Crippen LogP) is 4.24. The van der Waals surface area contributed by atoms with Crippen LogP contribution in [0.1, 0.15) is 79.7 Å². The number of nitrogens with zero attached hydrogens (tertiary/aromatic N) is 5. The first kappa shape index (κ1) is 46.5. The molecule has 1 aliphatic heterocycles. The molecule has 4 amide bonds. The normalized spacial score (nSPS) is 18.5. The van der Waals surface area contributed by atoms with Gasteiger partial charge in [0, 0.05) is 53.5 Å². The molecule has 1 saturated heterocycles. The van der Waals surface area contributed by atoms with Crippen LogP contribution >= 0.6 is 0 Å². The topological polar surface area (TPSA) is 155 Å². The van der Waals surface area contributed by atoms with Crippen LogP contribution in [0.5, 0.6) is 0 Å². The lowest BCUT2D eigenvalue weighted by molar-refractivity contribution is -0.384. The first-order valence-electron chi connectivity index (χ1n) is 19.4. The van der Waals surface area contributed by atoms with Crippen LogP contribution in [0.4, 0.5) is 5.69 Å². The number of rotatable bonds is 21. The molecule has 14 nitrogen and oxygen atoms in total. The zero-order valence-electron chi connectivity index (χ0n) is 35.0. The van der Waals surface area contributed by atoms with E-state index in [4.69, 9.17) is 9.47 Å². The second kappa shape index (κ2) is 21.5. The number of hydrogen-bond acceptors (Lipinski definition) is 9. The number of hydrogen-bond donors (Lipinski definition) is 1. The van der Waals surface area contributed by atoms with Gasteiger partial charge in [-0.3, -0.25) is 34.2 Å². The highest BCUT2D eigenvalue weighted by Crippen LogP contribution is 2.30. The minimum atomic E-state index is -0.764. The third-order valence-electron chi connectivity index (χ3n) is 11.2. The highest BCUT2D eigenvalue weighted by molar-refractivity contribution is 5.90. The van der Waals surface area contributed by atoms with Crippen LogP contribution < -0.4 is 5.32 Å². The van der Waals surface area contributed by atoms with Gasteiger partial charge in [0.25, 0.3) is 5.69 Å². The van der Waals surface area contributed by atoms with Crippen LogP contribution in [0.15, 0.2) is 24.3 Å². The molecule has 1 heterocycles. The van der Waals surface area contributed by atoms with Crippen LogP contribution in [0, 0.1) is 33.8 Å². The van der Waals surface area contributed by atoms with Gasteiger partial charge in [0.1, 0.15) is 6.04 Å². The second-order valence-electron chi connectivity index (χ2n) is 15.9. The fourth-order valence-electron chi connectivity index (χ4n) is 7.94. The van der Waals surface area contributed by atoms with Crippen LogP contribution in [0.3, 0.4) is 0 Å². The highest BCUT2D eigenvalue weighted by Gasteiger charge is 2.43. The number of nitro benzene ring substituents is 1. The van der Waals surface area contributed by atoms with E-state index in [1.54, 1.807) is 55.1 Å². The molecule has 54 heavy (non-hydrogen) atoms. The van der Waals surface area contributed by atoms with Gasteiger partial charge in [-0.2, -0.15) is 0 Å². The number of methoxy groups -OCH3 is 2. The molecule has 0 aromatic heterocycles. The Hall–Kier alpha value is -3.62. The van der Waals surface area contributed by atoms with Crippen molar-refractivity contribution in [2.75, 3.05) is 55.5 Å². The quantitative estimate of drug-likeness (QED) is 0.143. The number of nitrogens with one attached hydrogen (secondary N) is 1. The summed E-state index contributed by atoms with van der Waals surface area (Å²) >= 11 is 0. The van der Waals surface area contributed by atoms with Crippen molar-refractivity contribution < 1.29 is 33.6 Å². The van der Waals surface area contributed by atoms with E-state index in [0.717, 1.165) is 18.4 Å². The Morgan fingerprint density at radius 1 is 0.944 bits per heavy atom. The summed E-state index contributed by atoms with van der Waals surface area (Å²) in [6, 6.07) is 4.37. The van der Waals surface area contributed by atoms with Crippen LogP contribution in [-0.2, 0) is 35.1 Å². The lowest BCUT2D eigenvalue weighted by atomic mass is 9.89. The molecule has 2 rings (SSSR count). The van der Waals surface area contributed by atoms with Crippen molar-refractivity contribution in [3.8, 4) is 0 Å². The van der Waals surface area contributed by atoms with Crippen molar-refractivity contribution in [2.45, 2.75) is 117 Å². The van der Waals surface area contributed by atoms with Gasteiger partial charge < -0.3 is 29.5 Å². The number of nitro groups is 1. The summed E-state index contributed by atoms with van der Waals surface area (Å²) in [4.78, 5) is 73.0. The summed E-state index contributed by atoms with van der Waals surface area (Å²) < 4.78 is 12.0. The van der Waals surface area contributed by atoms with Crippen molar-refractivity contribution in [3.05, 3.63) is 39.9 Å². The Bertz CT molecular complexity index is 1380. The third-order valence-corrected chi connectivity index (χ3v) is 11.2. The molecule has 8 atom stereocenters. The van der Waals surface area contributed by atoms with Crippen LogP contribution in [0.2, 0.25) is 0 Å². The smallest absolute Gasteiger partial charge is 0.269 e. The summed E-state index contributed by atoms with van der Waals surface area (Å²) in [5, 5.41) is 14.0. The number of carbonyl (C=O) groups is 4. The summed E-state index contributed by atoms with van der Waals surface area (Å²) in [5.41, 5.74) is 0.900. The molecule has 1 aromatic rings. The number of amides is 4. The summed E-state index contributed by atoms with van der Waals surface area (Å²) in [6.45, 7) is 14.6. The SMILES string of the molecule is CC[C@H](C)[C@@H]([C@@H](CC(=O)N1CCC[C@H]1[C@H](OC)[C@@H](C)C(=O)N(C)CCc1ccc([N+](=O)[O-])cc1)OC)N(C)C(=O)[C@@H](NC(=O)[C@@H](C(C)C)N(C)C)C(C)C. The van der Waals surface area contributed by atoms with E-state index < -0.39 is 41.2 Å². The summed E-state index contributed by atoms with van der Waals surface area (Å²) in [6.07, 6.45) is 1.57. The number of ether oxygens (including phenoxy) is 2. The van der Waals surface area contributed by atoms with E-state index in [2.05, 4.69) is 5.32 Å². The number of likely N-dealkylation sites (N-methyl/N-ethyl adjacent to an activating group) is 3. The lowest BCUT2D eigenvalue weighted by Crippen LogP contribution is -2.59. The number of carbonyl (C=O) groups excluding carboxylic acids is 4. The lowest BCUT2D eigenvalue weighted by Gasteiger charge is -2.41. The minimum absolute atomic E-state index is 0.0175. The van der Waals surface area contributed by atoms with Gasteiger partial charge in [0.2, 0.25) is 23.6 Å². The molecule has 0 radical (unpaired) electrons. The molecule has 306 valence electrons. The first-order valence-corrected chi connectivity index (χ1v) is 19.4. The minimum Gasteiger partial charge on any atom is -0.379 e. The van der Waals surface area contributed by atoms with Gasteiger partial charge in [-0.1, -0.05) is 67.0 Å². The number of non-ortho nitro benzene ring substituents is 1. The van der Waals surface area contributed by atoms with Crippen LogP contribution in [0.25, 0.3) is 0 Å². The zero-order valence-corrected chi connectivity index (χ0v) is 35.0. The van der Waals surface area contributed by atoms with E-state index >= 15 is 0 Å². The number of likely N-dealkylation sites (tertiary alicyclic amines) is 1. The summed E-state index contributed by atoms with van der Waals surface area (Å²) in [7, 11) is 10.3. The fourth-order valence-corrected chi connectivity index (χ4v) is 7.94. The maximum Gasteiger partial charge on any atom is 0.269 e. The van der Waals surface area contributed by atoms with Gasteiger partial charge >= 0.3 is 0 Å². The van der Waals surface area contributed by atoms with Gasteiger partial charge in [-0.05, 0) is 56.7 Å². The monoisotopic (exact) mass is 761 g/mol. The van der Waals surface area contributed by atoms with E-state index in [0.29, 0.717) is 25.9 Å². The first-order chi connectivity index (χ1) is 25.3.